The largest absolute Gasteiger partial charge is 0.409 e. The Labute approximate surface area is 119 Å². The summed E-state index contributed by atoms with van der Waals surface area (Å²) in [5.41, 5.74) is 5.50. The average Bonchev–Trinajstić information content (AvgIpc) is 2.64. The van der Waals surface area contributed by atoms with Gasteiger partial charge in [0.05, 0.1) is 16.4 Å². The van der Waals surface area contributed by atoms with Crippen LogP contribution in [0.2, 0.25) is 5.02 Å². The van der Waals surface area contributed by atoms with Crippen molar-refractivity contribution in [1.29, 1.82) is 0 Å². The summed E-state index contributed by atoms with van der Waals surface area (Å²) in [6, 6.07) is 1.05. The Morgan fingerprint density at radius 1 is 1.25 bits per heavy atom. The molecule has 20 heavy (non-hydrogen) atoms. The normalized spacial score (nSPS) is 14.8. The molecule has 0 saturated carbocycles. The third kappa shape index (κ3) is 2.62. The first-order chi connectivity index (χ1) is 9.01. The molecule has 0 radical (unpaired) electrons. The van der Waals surface area contributed by atoms with E-state index in [0.717, 1.165) is 0 Å². The molecule has 0 spiro atoms. The molecule has 1 unspecified atom stereocenters. The number of rotatable bonds is 1. The van der Waals surface area contributed by atoms with E-state index in [1.54, 1.807) is 32.9 Å². The van der Waals surface area contributed by atoms with Crippen molar-refractivity contribution in [2.75, 3.05) is 0 Å². The fourth-order valence-corrected chi connectivity index (χ4v) is 2.20. The maximum Gasteiger partial charge on any atom is 0.409 e. The fourth-order valence-electron chi connectivity index (χ4n) is 2.04. The summed E-state index contributed by atoms with van der Waals surface area (Å²) in [5, 5.41) is 0.325. The lowest BCUT2D eigenvalue weighted by molar-refractivity contribution is -0.150. The van der Waals surface area contributed by atoms with E-state index in [1.165, 1.54) is 10.6 Å². The number of nitrogens with zero attached hydrogens (tertiary/aromatic N) is 2. The van der Waals surface area contributed by atoms with E-state index in [4.69, 9.17) is 17.3 Å². The van der Waals surface area contributed by atoms with Crippen LogP contribution in [0, 0.1) is 0 Å². The van der Waals surface area contributed by atoms with E-state index in [1.807, 2.05) is 0 Å². The molecular formula is C13H15ClF3N3. The maximum absolute atomic E-state index is 13.0. The number of imidazole rings is 1. The zero-order valence-corrected chi connectivity index (χ0v) is 12.0. The zero-order valence-electron chi connectivity index (χ0n) is 11.3. The number of nitrogens with two attached hydrogens (primary N) is 1. The highest BCUT2D eigenvalue weighted by Crippen LogP contribution is 2.37. The smallest absolute Gasteiger partial charge is 0.315 e. The number of fused-ring (bicyclic) bond motifs is 1. The molecule has 2 N–H and O–H groups in total. The fraction of sp³-hybridized carbons (Fsp3) is 0.462. The van der Waals surface area contributed by atoms with E-state index >= 15 is 0 Å². The van der Waals surface area contributed by atoms with Crippen LogP contribution in [-0.4, -0.2) is 15.6 Å². The molecule has 0 aliphatic rings. The van der Waals surface area contributed by atoms with Gasteiger partial charge < -0.3 is 10.1 Å². The van der Waals surface area contributed by atoms with Gasteiger partial charge in [0, 0.05) is 11.6 Å². The molecule has 110 valence electrons. The predicted octanol–water partition coefficient (Wildman–Crippen LogP) is 3.85. The minimum absolute atomic E-state index is 0.0671. The van der Waals surface area contributed by atoms with Gasteiger partial charge in [0.1, 0.15) is 11.7 Å². The first-order valence-electron chi connectivity index (χ1n) is 6.02. The summed E-state index contributed by atoms with van der Waals surface area (Å²) in [6.45, 7) is 5.38. The first-order valence-corrected chi connectivity index (χ1v) is 6.40. The minimum atomic E-state index is -4.54. The molecule has 0 amide bonds. The molecule has 0 aromatic carbocycles. The third-order valence-corrected chi connectivity index (χ3v) is 3.20. The Hall–Kier alpha value is -1.27. The Morgan fingerprint density at radius 3 is 2.35 bits per heavy atom. The van der Waals surface area contributed by atoms with E-state index in [9.17, 15) is 13.2 Å². The molecule has 2 aromatic heterocycles. The standard InChI is InChI=1S/C13H15ClF3N3/c1-12(2,3)11-9(10(18)13(15,16)17)20-6-7(14)4-5-8(20)19-11/h4-6,10H,18H2,1-3H3. The number of aromatic nitrogens is 2. The summed E-state index contributed by atoms with van der Waals surface area (Å²) in [5.74, 6) is 0. The highest BCUT2D eigenvalue weighted by molar-refractivity contribution is 6.30. The monoisotopic (exact) mass is 305 g/mol. The summed E-state index contributed by atoms with van der Waals surface area (Å²) < 4.78 is 40.4. The third-order valence-electron chi connectivity index (χ3n) is 2.98. The van der Waals surface area contributed by atoms with Crippen molar-refractivity contribution < 1.29 is 13.2 Å². The molecule has 3 nitrogen and oxygen atoms in total. The van der Waals surface area contributed by atoms with Gasteiger partial charge in [-0.3, -0.25) is 0 Å². The van der Waals surface area contributed by atoms with Crippen LogP contribution < -0.4 is 5.73 Å². The summed E-state index contributed by atoms with van der Waals surface area (Å²) in [6.07, 6.45) is -3.14. The van der Waals surface area contributed by atoms with Crippen molar-refractivity contribution >= 4 is 17.2 Å². The van der Waals surface area contributed by atoms with Crippen LogP contribution in [0.3, 0.4) is 0 Å². The second-order valence-corrected chi connectivity index (χ2v) is 6.13. The van der Waals surface area contributed by atoms with Gasteiger partial charge in [-0.15, -0.1) is 0 Å². The number of hydrogen-bond donors (Lipinski definition) is 1. The van der Waals surface area contributed by atoms with Gasteiger partial charge in [0.25, 0.3) is 0 Å². The maximum atomic E-state index is 13.0. The predicted molar refractivity (Wildman–Crippen MR) is 71.9 cm³/mol. The Balaban J connectivity index is 2.80. The van der Waals surface area contributed by atoms with Crippen molar-refractivity contribution in [2.24, 2.45) is 5.73 Å². The van der Waals surface area contributed by atoms with Gasteiger partial charge in [0.2, 0.25) is 0 Å². The molecule has 0 aliphatic heterocycles. The highest BCUT2D eigenvalue weighted by atomic mass is 35.5. The van der Waals surface area contributed by atoms with Crippen molar-refractivity contribution in [3.8, 4) is 0 Å². The molecular weight excluding hydrogens is 291 g/mol. The van der Waals surface area contributed by atoms with Crippen molar-refractivity contribution in [1.82, 2.24) is 9.38 Å². The molecule has 1 atom stereocenters. The van der Waals surface area contributed by atoms with Crippen LogP contribution in [0.5, 0.6) is 0 Å². The summed E-state index contributed by atoms with van der Waals surface area (Å²) in [7, 11) is 0. The van der Waals surface area contributed by atoms with Gasteiger partial charge in [-0.05, 0) is 12.1 Å². The summed E-state index contributed by atoms with van der Waals surface area (Å²) in [4.78, 5) is 4.28. The number of halogens is 4. The molecule has 0 bridgehead atoms. The molecule has 0 aliphatic carbocycles. The van der Waals surface area contributed by atoms with E-state index in [-0.39, 0.29) is 5.69 Å². The van der Waals surface area contributed by atoms with Crippen LogP contribution >= 0.6 is 11.6 Å². The van der Waals surface area contributed by atoms with E-state index in [0.29, 0.717) is 16.4 Å². The Kier molecular flexibility index (Phi) is 3.50. The lowest BCUT2D eigenvalue weighted by Crippen LogP contribution is -2.32. The van der Waals surface area contributed by atoms with Crippen molar-refractivity contribution in [3.63, 3.8) is 0 Å². The number of pyridine rings is 1. The van der Waals surface area contributed by atoms with Crippen LogP contribution in [0.25, 0.3) is 5.65 Å². The second kappa shape index (κ2) is 4.63. The van der Waals surface area contributed by atoms with Crippen LogP contribution in [0.4, 0.5) is 13.2 Å². The van der Waals surface area contributed by atoms with Crippen LogP contribution in [0.1, 0.15) is 38.2 Å². The molecule has 2 rings (SSSR count). The quantitative estimate of drug-likeness (QED) is 0.869. The van der Waals surface area contributed by atoms with Crippen molar-refractivity contribution in [2.45, 2.75) is 38.4 Å². The van der Waals surface area contributed by atoms with Gasteiger partial charge in [-0.2, -0.15) is 13.2 Å². The van der Waals surface area contributed by atoms with E-state index < -0.39 is 17.6 Å². The van der Waals surface area contributed by atoms with E-state index in [2.05, 4.69) is 4.98 Å². The van der Waals surface area contributed by atoms with Gasteiger partial charge in [-0.1, -0.05) is 32.4 Å². The Bertz CT molecular complexity index is 641. The first kappa shape index (κ1) is 15.1. The minimum Gasteiger partial charge on any atom is -0.315 e. The zero-order chi connectivity index (χ0) is 15.3. The second-order valence-electron chi connectivity index (χ2n) is 5.69. The SMILES string of the molecule is CC(C)(C)c1nc2ccc(Cl)cn2c1C(N)C(F)(F)F. The summed E-state index contributed by atoms with van der Waals surface area (Å²) >= 11 is 5.86. The molecule has 0 fully saturated rings. The van der Waals surface area contributed by atoms with Crippen LogP contribution in [-0.2, 0) is 5.41 Å². The lowest BCUT2D eigenvalue weighted by Gasteiger charge is -2.22. The number of hydrogen-bond acceptors (Lipinski definition) is 2. The molecule has 0 saturated heterocycles. The molecule has 7 heteroatoms. The molecule has 2 heterocycles. The van der Waals surface area contributed by atoms with Gasteiger partial charge in [0.15, 0.2) is 0 Å². The Morgan fingerprint density at radius 2 is 1.85 bits per heavy atom. The highest BCUT2D eigenvalue weighted by Gasteiger charge is 2.42. The van der Waals surface area contributed by atoms with Gasteiger partial charge >= 0.3 is 6.18 Å². The number of alkyl halides is 3. The lowest BCUT2D eigenvalue weighted by atomic mass is 9.89. The topological polar surface area (TPSA) is 43.3 Å². The van der Waals surface area contributed by atoms with Crippen LogP contribution in [0.15, 0.2) is 18.3 Å². The van der Waals surface area contributed by atoms with Crippen molar-refractivity contribution in [3.05, 3.63) is 34.7 Å². The average molecular weight is 306 g/mol. The molecule has 2 aromatic rings. The van der Waals surface area contributed by atoms with Gasteiger partial charge in [-0.25, -0.2) is 4.98 Å².